The topological polar surface area (TPSA) is 24.9 Å². The number of hydrogen-bond acceptors (Lipinski definition) is 3. The van der Waals surface area contributed by atoms with Crippen molar-refractivity contribution < 1.29 is 0 Å². The molecule has 0 aliphatic heterocycles. The van der Waals surface area contributed by atoms with E-state index in [0.29, 0.717) is 6.04 Å². The van der Waals surface area contributed by atoms with Gasteiger partial charge in [0.05, 0.1) is 10.7 Å². The molecule has 0 bridgehead atoms. The fourth-order valence-electron chi connectivity index (χ4n) is 1.34. The molecule has 0 aliphatic carbocycles. The molecular weight excluding hydrogens is 216 g/mol. The van der Waals surface area contributed by atoms with Crippen LogP contribution in [0, 0.1) is 6.92 Å². The highest BCUT2D eigenvalue weighted by Gasteiger charge is 2.06. The summed E-state index contributed by atoms with van der Waals surface area (Å²) in [5, 5.41) is 6.86. The van der Waals surface area contributed by atoms with Crippen LogP contribution in [0.1, 0.15) is 31.0 Å². The van der Waals surface area contributed by atoms with Gasteiger partial charge in [0.1, 0.15) is 0 Å². The third-order valence-electron chi connectivity index (χ3n) is 1.98. The number of alkyl halides is 1. The molecule has 0 saturated heterocycles. The van der Waals surface area contributed by atoms with Gasteiger partial charge in [-0.05, 0) is 27.2 Å². The maximum absolute atomic E-state index is 5.90. The molecule has 80 valence electrons. The van der Waals surface area contributed by atoms with Crippen LogP contribution in [-0.2, 0) is 6.54 Å². The zero-order valence-corrected chi connectivity index (χ0v) is 10.5. The second kappa shape index (κ2) is 5.69. The van der Waals surface area contributed by atoms with Gasteiger partial charge >= 0.3 is 0 Å². The second-order valence-electron chi connectivity index (χ2n) is 3.66. The first kappa shape index (κ1) is 12.0. The Hall–Kier alpha value is -0.120. The maximum atomic E-state index is 5.90. The summed E-state index contributed by atoms with van der Waals surface area (Å²) < 4.78 is 0. The molecule has 0 spiro atoms. The van der Waals surface area contributed by atoms with Crippen molar-refractivity contribution in [1.82, 2.24) is 10.3 Å². The van der Waals surface area contributed by atoms with Crippen LogP contribution in [0.3, 0.4) is 0 Å². The minimum atomic E-state index is 0.231. The summed E-state index contributed by atoms with van der Waals surface area (Å²) in [5.41, 5.74) is 1.13. The zero-order chi connectivity index (χ0) is 10.6. The third-order valence-corrected chi connectivity index (χ3v) is 2.98. The van der Waals surface area contributed by atoms with Crippen LogP contribution in [0.15, 0.2) is 5.38 Å². The number of nitrogens with zero attached hydrogens (tertiary/aromatic N) is 1. The van der Waals surface area contributed by atoms with E-state index in [-0.39, 0.29) is 5.38 Å². The number of rotatable bonds is 5. The maximum Gasteiger partial charge on any atom is 0.0897 e. The van der Waals surface area contributed by atoms with Crippen molar-refractivity contribution in [3.8, 4) is 0 Å². The van der Waals surface area contributed by atoms with E-state index in [9.17, 15) is 0 Å². The molecular formula is C10H17ClN2S. The Morgan fingerprint density at radius 3 is 2.79 bits per heavy atom. The van der Waals surface area contributed by atoms with Crippen molar-refractivity contribution in [2.45, 2.75) is 45.2 Å². The smallest absolute Gasteiger partial charge is 0.0897 e. The van der Waals surface area contributed by atoms with E-state index in [4.69, 9.17) is 11.6 Å². The summed E-state index contributed by atoms with van der Waals surface area (Å²) in [6, 6.07) is 0.449. The van der Waals surface area contributed by atoms with E-state index in [1.165, 1.54) is 0 Å². The van der Waals surface area contributed by atoms with Gasteiger partial charge in [-0.25, -0.2) is 4.98 Å². The fraction of sp³-hybridized carbons (Fsp3) is 0.700. The molecule has 1 aromatic heterocycles. The second-order valence-corrected chi connectivity index (χ2v) is 5.46. The average molecular weight is 233 g/mol. The number of thiazole rings is 1. The standard InChI is InChI=1S/C10H17ClN2S/c1-7(11)4-8(2)12-5-10-6-14-9(3)13-10/h6-8,12H,4-5H2,1-3H3. The minimum absolute atomic E-state index is 0.231. The summed E-state index contributed by atoms with van der Waals surface area (Å²) in [6.07, 6.45) is 0.991. The highest BCUT2D eigenvalue weighted by molar-refractivity contribution is 7.09. The first-order valence-electron chi connectivity index (χ1n) is 4.86. The van der Waals surface area contributed by atoms with Gasteiger partial charge in [0.15, 0.2) is 0 Å². The normalized spacial score (nSPS) is 15.4. The molecule has 0 amide bonds. The van der Waals surface area contributed by atoms with Gasteiger partial charge in [0.2, 0.25) is 0 Å². The monoisotopic (exact) mass is 232 g/mol. The van der Waals surface area contributed by atoms with E-state index in [0.717, 1.165) is 23.7 Å². The van der Waals surface area contributed by atoms with E-state index in [1.54, 1.807) is 11.3 Å². The van der Waals surface area contributed by atoms with Crippen molar-refractivity contribution in [3.05, 3.63) is 16.1 Å². The predicted octanol–water partition coefficient (Wildman–Crippen LogP) is 2.95. The van der Waals surface area contributed by atoms with Gasteiger partial charge < -0.3 is 5.32 Å². The van der Waals surface area contributed by atoms with E-state index in [2.05, 4.69) is 22.6 Å². The number of aromatic nitrogens is 1. The van der Waals surface area contributed by atoms with Crippen LogP contribution in [0.5, 0.6) is 0 Å². The Morgan fingerprint density at radius 2 is 2.29 bits per heavy atom. The van der Waals surface area contributed by atoms with Gasteiger partial charge in [-0.1, -0.05) is 0 Å². The first-order valence-corrected chi connectivity index (χ1v) is 6.18. The molecule has 1 aromatic rings. The largest absolute Gasteiger partial charge is 0.309 e. The number of hydrogen-bond donors (Lipinski definition) is 1. The van der Waals surface area contributed by atoms with Crippen LogP contribution in [0.25, 0.3) is 0 Å². The molecule has 2 nitrogen and oxygen atoms in total. The molecule has 0 aliphatic rings. The van der Waals surface area contributed by atoms with E-state index in [1.807, 2.05) is 13.8 Å². The Kier molecular flexibility index (Phi) is 4.85. The number of nitrogens with one attached hydrogen (secondary N) is 1. The first-order chi connectivity index (χ1) is 6.58. The summed E-state index contributed by atoms with van der Waals surface area (Å²) in [6.45, 7) is 7.04. The molecule has 0 aromatic carbocycles. The van der Waals surface area contributed by atoms with Crippen molar-refractivity contribution in [2.24, 2.45) is 0 Å². The van der Waals surface area contributed by atoms with Crippen LogP contribution >= 0.6 is 22.9 Å². The summed E-state index contributed by atoms with van der Waals surface area (Å²) >= 11 is 7.60. The highest BCUT2D eigenvalue weighted by Crippen LogP contribution is 2.09. The molecule has 0 radical (unpaired) electrons. The van der Waals surface area contributed by atoms with Crippen LogP contribution < -0.4 is 5.32 Å². The van der Waals surface area contributed by atoms with E-state index >= 15 is 0 Å². The lowest BCUT2D eigenvalue weighted by Gasteiger charge is -2.13. The van der Waals surface area contributed by atoms with Gasteiger partial charge in [0.25, 0.3) is 0 Å². The molecule has 2 unspecified atom stereocenters. The zero-order valence-electron chi connectivity index (χ0n) is 8.88. The van der Waals surface area contributed by atoms with Crippen molar-refractivity contribution in [2.75, 3.05) is 0 Å². The lowest BCUT2D eigenvalue weighted by Crippen LogP contribution is -2.27. The average Bonchev–Trinajstić information content (AvgIpc) is 2.47. The van der Waals surface area contributed by atoms with Crippen LogP contribution in [-0.4, -0.2) is 16.4 Å². The molecule has 4 heteroatoms. The third kappa shape index (κ3) is 4.40. The van der Waals surface area contributed by atoms with E-state index < -0.39 is 0 Å². The van der Waals surface area contributed by atoms with Crippen LogP contribution in [0.4, 0.5) is 0 Å². The van der Waals surface area contributed by atoms with Crippen molar-refractivity contribution >= 4 is 22.9 Å². The molecule has 1 N–H and O–H groups in total. The molecule has 0 fully saturated rings. The lowest BCUT2D eigenvalue weighted by atomic mass is 10.2. The van der Waals surface area contributed by atoms with Gasteiger partial charge in [-0.3, -0.25) is 0 Å². The Morgan fingerprint density at radius 1 is 1.57 bits per heavy atom. The van der Waals surface area contributed by atoms with Crippen molar-refractivity contribution in [1.29, 1.82) is 0 Å². The van der Waals surface area contributed by atoms with Gasteiger partial charge in [-0.15, -0.1) is 22.9 Å². The van der Waals surface area contributed by atoms with Crippen LogP contribution in [0.2, 0.25) is 0 Å². The molecule has 0 saturated carbocycles. The van der Waals surface area contributed by atoms with Gasteiger partial charge in [-0.2, -0.15) is 0 Å². The number of aryl methyl sites for hydroxylation is 1. The quantitative estimate of drug-likeness (QED) is 0.790. The Labute approximate surface area is 94.7 Å². The SMILES string of the molecule is Cc1nc(CNC(C)CC(C)Cl)cs1. The Bertz CT molecular complexity index is 273. The van der Waals surface area contributed by atoms with Gasteiger partial charge in [0, 0.05) is 23.3 Å². The molecule has 2 atom stereocenters. The summed E-state index contributed by atoms with van der Waals surface area (Å²) in [7, 11) is 0. The number of halogens is 1. The fourth-order valence-corrected chi connectivity index (χ4v) is 2.22. The molecule has 1 rings (SSSR count). The minimum Gasteiger partial charge on any atom is -0.309 e. The summed E-state index contributed by atoms with van der Waals surface area (Å²) in [4.78, 5) is 4.38. The lowest BCUT2D eigenvalue weighted by molar-refractivity contribution is 0.508. The predicted molar refractivity (Wildman–Crippen MR) is 63.1 cm³/mol. The Balaban J connectivity index is 2.26. The summed E-state index contributed by atoms with van der Waals surface area (Å²) in [5.74, 6) is 0. The highest BCUT2D eigenvalue weighted by atomic mass is 35.5. The molecule has 14 heavy (non-hydrogen) atoms. The van der Waals surface area contributed by atoms with Crippen molar-refractivity contribution in [3.63, 3.8) is 0 Å². The molecule has 1 heterocycles.